The van der Waals surface area contributed by atoms with E-state index in [2.05, 4.69) is 0 Å². The highest BCUT2D eigenvalue weighted by atomic mass is 16.6. The normalized spacial score (nSPS) is 18.4. The predicted molar refractivity (Wildman–Crippen MR) is 94.7 cm³/mol. The van der Waals surface area contributed by atoms with E-state index < -0.39 is 29.3 Å². The molecule has 26 heavy (non-hydrogen) atoms. The number of rotatable bonds is 7. The van der Waals surface area contributed by atoms with Crippen LogP contribution in [-0.2, 0) is 14.3 Å². The van der Waals surface area contributed by atoms with Gasteiger partial charge in [0.15, 0.2) is 5.78 Å². The number of ether oxygens (including phenoxy) is 2. The lowest BCUT2D eigenvalue weighted by atomic mass is 9.75. The van der Waals surface area contributed by atoms with E-state index in [-0.39, 0.29) is 18.8 Å². The first-order chi connectivity index (χ1) is 12.4. The van der Waals surface area contributed by atoms with Gasteiger partial charge in [-0.3, -0.25) is 19.7 Å². The maximum atomic E-state index is 12.7. The molecule has 0 aliphatic heterocycles. The molecule has 0 saturated heterocycles. The number of nitro groups is 1. The summed E-state index contributed by atoms with van der Waals surface area (Å²) >= 11 is 0. The first kappa shape index (κ1) is 19.6. The zero-order valence-corrected chi connectivity index (χ0v) is 15.2. The van der Waals surface area contributed by atoms with Crippen LogP contribution in [0.4, 0.5) is 0 Å². The lowest BCUT2D eigenvalue weighted by Crippen LogP contribution is -2.30. The molecule has 0 heterocycles. The van der Waals surface area contributed by atoms with E-state index in [0.29, 0.717) is 28.9 Å². The van der Waals surface area contributed by atoms with Gasteiger partial charge in [-0.1, -0.05) is 23.8 Å². The van der Waals surface area contributed by atoms with Crippen LogP contribution in [-0.4, -0.2) is 36.9 Å². The largest absolute Gasteiger partial charge is 0.496 e. The van der Waals surface area contributed by atoms with Gasteiger partial charge in [-0.15, -0.1) is 0 Å². The quantitative estimate of drug-likeness (QED) is 0.421. The highest BCUT2D eigenvalue weighted by Gasteiger charge is 2.38. The summed E-state index contributed by atoms with van der Waals surface area (Å²) in [6.07, 6.45) is 0.531. The van der Waals surface area contributed by atoms with Gasteiger partial charge in [0.25, 0.3) is 0 Å². The minimum absolute atomic E-state index is 0.166. The Balaban J connectivity index is 2.57. The number of methoxy groups -OCH3 is 1. The molecule has 0 amide bonds. The summed E-state index contributed by atoms with van der Waals surface area (Å²) in [6.45, 7) is 3.21. The van der Waals surface area contributed by atoms with Crippen molar-refractivity contribution >= 4 is 11.8 Å². The second-order valence-corrected chi connectivity index (χ2v) is 6.17. The van der Waals surface area contributed by atoms with Crippen molar-refractivity contribution in [2.45, 2.75) is 32.6 Å². The molecule has 7 heteroatoms. The molecule has 1 aliphatic carbocycles. The third-order valence-electron chi connectivity index (χ3n) is 4.67. The summed E-state index contributed by atoms with van der Waals surface area (Å²) in [5, 5.41) is 11.3. The Morgan fingerprint density at radius 2 is 2.08 bits per heavy atom. The van der Waals surface area contributed by atoms with Crippen LogP contribution in [0.3, 0.4) is 0 Å². The van der Waals surface area contributed by atoms with Crippen molar-refractivity contribution in [2.24, 2.45) is 5.92 Å². The predicted octanol–water partition coefficient (Wildman–Crippen LogP) is 2.91. The zero-order valence-electron chi connectivity index (χ0n) is 15.2. The lowest BCUT2D eigenvalue weighted by Gasteiger charge is -2.28. The van der Waals surface area contributed by atoms with Crippen molar-refractivity contribution in [1.82, 2.24) is 0 Å². The molecule has 0 saturated carbocycles. The van der Waals surface area contributed by atoms with Crippen LogP contribution in [0, 0.1) is 16.0 Å². The molecule has 0 bridgehead atoms. The first-order valence-corrected chi connectivity index (χ1v) is 8.55. The van der Waals surface area contributed by atoms with E-state index in [9.17, 15) is 19.7 Å². The van der Waals surface area contributed by atoms with Gasteiger partial charge in [-0.05, 0) is 26.3 Å². The van der Waals surface area contributed by atoms with Crippen molar-refractivity contribution in [3.8, 4) is 5.75 Å². The average molecular weight is 361 g/mol. The van der Waals surface area contributed by atoms with Crippen LogP contribution in [0.5, 0.6) is 5.75 Å². The zero-order chi connectivity index (χ0) is 19.3. The Labute approximate surface area is 152 Å². The fourth-order valence-electron chi connectivity index (χ4n) is 3.49. The maximum absolute atomic E-state index is 12.7. The molecule has 140 valence electrons. The van der Waals surface area contributed by atoms with Crippen LogP contribution in [0.1, 0.15) is 38.2 Å². The third kappa shape index (κ3) is 4.09. The number of hydrogen-bond donors (Lipinski definition) is 0. The van der Waals surface area contributed by atoms with Crippen molar-refractivity contribution in [1.29, 1.82) is 0 Å². The van der Waals surface area contributed by atoms with E-state index in [1.54, 1.807) is 38.1 Å². The molecule has 7 nitrogen and oxygen atoms in total. The molecule has 1 aliphatic rings. The number of Topliss-reactive ketones (excluding diaryl/α,β-unsaturated/α-hetero) is 1. The highest BCUT2D eigenvalue weighted by Crippen LogP contribution is 2.40. The van der Waals surface area contributed by atoms with Crippen molar-refractivity contribution in [3.63, 3.8) is 0 Å². The minimum Gasteiger partial charge on any atom is -0.496 e. The van der Waals surface area contributed by atoms with Crippen LogP contribution < -0.4 is 4.74 Å². The first-order valence-electron chi connectivity index (χ1n) is 8.55. The van der Waals surface area contributed by atoms with Crippen LogP contribution >= 0.6 is 0 Å². The molecule has 0 radical (unpaired) electrons. The van der Waals surface area contributed by atoms with Gasteiger partial charge in [0.05, 0.1) is 25.6 Å². The van der Waals surface area contributed by atoms with E-state index in [0.717, 1.165) is 0 Å². The maximum Gasteiger partial charge on any atom is 0.313 e. The van der Waals surface area contributed by atoms with Gasteiger partial charge in [0.2, 0.25) is 6.54 Å². The van der Waals surface area contributed by atoms with Crippen molar-refractivity contribution < 1.29 is 24.0 Å². The summed E-state index contributed by atoms with van der Waals surface area (Å²) in [5.74, 6) is -1.40. The van der Waals surface area contributed by atoms with Gasteiger partial charge < -0.3 is 9.47 Å². The molecule has 0 unspecified atom stereocenters. The van der Waals surface area contributed by atoms with Gasteiger partial charge in [-0.2, -0.15) is 0 Å². The van der Waals surface area contributed by atoms with Gasteiger partial charge in [0.1, 0.15) is 5.75 Å². The molecule has 0 spiro atoms. The molecule has 0 aromatic heterocycles. The van der Waals surface area contributed by atoms with Crippen molar-refractivity contribution in [3.05, 3.63) is 51.1 Å². The number of carbonyl (C=O) groups excluding carboxylic acids is 2. The monoisotopic (exact) mass is 361 g/mol. The molecular weight excluding hydrogens is 338 g/mol. The number of nitrogens with zero attached hydrogens (tertiary/aromatic N) is 1. The minimum atomic E-state index is -0.772. The smallest absolute Gasteiger partial charge is 0.313 e. The number of hydrogen-bond acceptors (Lipinski definition) is 6. The third-order valence-corrected chi connectivity index (χ3v) is 4.67. The Bertz CT molecular complexity index is 739. The Hall–Kier alpha value is -2.70. The van der Waals surface area contributed by atoms with E-state index in [1.165, 1.54) is 7.11 Å². The fourth-order valence-corrected chi connectivity index (χ4v) is 3.49. The summed E-state index contributed by atoms with van der Waals surface area (Å²) in [7, 11) is 1.48. The van der Waals surface area contributed by atoms with E-state index >= 15 is 0 Å². The Morgan fingerprint density at radius 1 is 1.38 bits per heavy atom. The second-order valence-electron chi connectivity index (χ2n) is 6.17. The number of benzene rings is 1. The van der Waals surface area contributed by atoms with Crippen LogP contribution in [0.25, 0.3) is 0 Å². The summed E-state index contributed by atoms with van der Waals surface area (Å²) < 4.78 is 10.4. The molecule has 2 rings (SSSR count). The fraction of sp³-hybridized carbons (Fsp3) is 0.474. The highest BCUT2D eigenvalue weighted by molar-refractivity contribution is 6.00. The number of esters is 1. The van der Waals surface area contributed by atoms with E-state index in [4.69, 9.17) is 9.47 Å². The molecule has 2 atom stereocenters. The number of para-hydroxylation sites is 1. The molecular formula is C19H23NO6. The van der Waals surface area contributed by atoms with Crippen LogP contribution in [0.15, 0.2) is 35.4 Å². The van der Waals surface area contributed by atoms with Crippen LogP contribution in [0.2, 0.25) is 0 Å². The Morgan fingerprint density at radius 3 is 2.69 bits per heavy atom. The standard InChI is InChI=1S/C19H23NO6/c1-4-26-19(22)13-9-10-16(21)18(12(13)2)15(11-20(23)24)14-7-5-6-8-17(14)25-3/h5-8,13,15H,4,9-11H2,1-3H3/t13-,15-/m0/s1. The van der Waals surface area contributed by atoms with Gasteiger partial charge >= 0.3 is 5.97 Å². The lowest BCUT2D eigenvalue weighted by molar-refractivity contribution is -0.481. The topological polar surface area (TPSA) is 95.7 Å². The summed E-state index contributed by atoms with van der Waals surface area (Å²) in [5.41, 5.74) is 1.45. The molecule has 1 aromatic rings. The number of carbonyl (C=O) groups is 2. The Kier molecular flexibility index (Phi) is 6.49. The van der Waals surface area contributed by atoms with Gasteiger partial charge in [0, 0.05) is 22.5 Å². The van der Waals surface area contributed by atoms with Gasteiger partial charge in [-0.25, -0.2) is 0 Å². The van der Waals surface area contributed by atoms with Crippen molar-refractivity contribution in [2.75, 3.05) is 20.3 Å². The summed E-state index contributed by atoms with van der Waals surface area (Å²) in [6, 6.07) is 6.93. The molecule has 0 fully saturated rings. The van der Waals surface area contributed by atoms with E-state index in [1.807, 2.05) is 0 Å². The number of ketones is 1. The second kappa shape index (κ2) is 8.60. The average Bonchev–Trinajstić information content (AvgIpc) is 2.60. The SMILES string of the molecule is CCOC(=O)[C@H]1CCC(=O)C([C@@H](C[N+](=O)[O-])c2ccccc2OC)=C1C. The molecule has 0 N–H and O–H groups in total. The molecule has 1 aromatic carbocycles. The summed E-state index contributed by atoms with van der Waals surface area (Å²) in [4.78, 5) is 35.7.